The molecule has 61 heavy (non-hydrogen) atoms. The summed E-state index contributed by atoms with van der Waals surface area (Å²) in [5.74, 6) is -1.78. The van der Waals surface area contributed by atoms with E-state index >= 15 is 0 Å². The first-order valence-electron chi connectivity index (χ1n) is 19.8. The third kappa shape index (κ3) is 11.0. The maximum atomic E-state index is 15.0. The zero-order chi connectivity index (χ0) is 43.4. The first-order chi connectivity index (χ1) is 29.0. The van der Waals surface area contributed by atoms with Gasteiger partial charge in [0.25, 0.3) is 5.91 Å². The van der Waals surface area contributed by atoms with Crippen LogP contribution in [-0.2, 0) is 56.2 Å². The number of benzene rings is 5. The number of carbonyl (C=O) groups is 2. The van der Waals surface area contributed by atoms with Crippen molar-refractivity contribution < 1.29 is 49.0 Å². The van der Waals surface area contributed by atoms with E-state index in [1.807, 2.05) is 69.3 Å². The molecular formula is C46H48N2O11S2. The van der Waals surface area contributed by atoms with Crippen LogP contribution >= 0.6 is 0 Å². The quantitative estimate of drug-likeness (QED) is 0.0947. The molecule has 0 atom stereocenters. The van der Waals surface area contributed by atoms with Gasteiger partial charge in [0.2, 0.25) is 0 Å². The lowest BCUT2D eigenvalue weighted by Crippen LogP contribution is -2.53. The molecule has 0 bridgehead atoms. The van der Waals surface area contributed by atoms with Crippen LogP contribution in [0.3, 0.4) is 0 Å². The maximum Gasteiger partial charge on any atom is 0.410 e. The fraction of sp³-hybridized carbons (Fsp3) is 0.304. The van der Waals surface area contributed by atoms with Gasteiger partial charge in [-0.15, -0.1) is 0 Å². The van der Waals surface area contributed by atoms with Crippen LogP contribution in [-0.4, -0.2) is 63.9 Å². The number of hydrogen-bond acceptors (Lipinski definition) is 11. The molecule has 1 fully saturated rings. The average Bonchev–Trinajstić information content (AvgIpc) is 3.63. The number of fused-ring (bicyclic) bond motifs is 1. The molecule has 5 aromatic rings. The Hall–Kier alpha value is -6.06. The molecule has 7 rings (SSSR count). The Balaban J connectivity index is 1.21. The zero-order valence-corrected chi connectivity index (χ0v) is 36.0. The molecule has 0 saturated carbocycles. The van der Waals surface area contributed by atoms with Crippen molar-refractivity contribution in [3.05, 3.63) is 154 Å². The predicted molar refractivity (Wildman–Crippen MR) is 228 cm³/mol. The summed E-state index contributed by atoms with van der Waals surface area (Å²) < 4.78 is 84.2. The second-order valence-electron chi connectivity index (χ2n) is 16.1. The molecule has 0 N–H and O–H groups in total. The van der Waals surface area contributed by atoms with E-state index < -0.39 is 49.0 Å². The molecule has 0 spiro atoms. The van der Waals surface area contributed by atoms with Gasteiger partial charge in [-0.25, -0.2) is 4.79 Å². The SMILES string of the molecule is Cc1c(OS(=O)(=O)Cc2ccccc2)cc(OS(=O)(=O)Cc2ccccc2)c(C(=O)N2Cc3cccc(OCC4CN(C(=O)OC(C)(C)C)C4)c3C2)c1OCc1ccccc1. The molecule has 2 aliphatic heterocycles. The fourth-order valence-electron chi connectivity index (χ4n) is 7.05. The van der Waals surface area contributed by atoms with Crippen molar-refractivity contribution >= 4 is 32.2 Å². The number of ether oxygens (including phenoxy) is 3. The third-order valence-corrected chi connectivity index (χ3v) is 12.2. The lowest BCUT2D eigenvalue weighted by Gasteiger charge is -2.39. The van der Waals surface area contributed by atoms with Crippen molar-refractivity contribution in [2.24, 2.45) is 5.92 Å². The van der Waals surface area contributed by atoms with E-state index in [-0.39, 0.29) is 54.3 Å². The number of amides is 2. The van der Waals surface area contributed by atoms with Gasteiger partial charge in [0.1, 0.15) is 40.8 Å². The van der Waals surface area contributed by atoms with Gasteiger partial charge in [-0.1, -0.05) is 103 Å². The van der Waals surface area contributed by atoms with Crippen LogP contribution in [0.1, 0.15) is 64.5 Å². The Morgan fingerprint density at radius 3 is 1.79 bits per heavy atom. The number of hydrogen-bond donors (Lipinski definition) is 0. The second kappa shape index (κ2) is 17.9. The minimum absolute atomic E-state index is 0.0525. The molecule has 0 radical (unpaired) electrons. The molecule has 320 valence electrons. The van der Waals surface area contributed by atoms with E-state index in [0.29, 0.717) is 36.6 Å². The molecule has 2 heterocycles. The van der Waals surface area contributed by atoms with Crippen LogP contribution in [0.4, 0.5) is 4.79 Å². The number of rotatable bonds is 15. The Labute approximate surface area is 357 Å². The molecule has 0 aromatic heterocycles. The van der Waals surface area contributed by atoms with Gasteiger partial charge in [0.15, 0.2) is 11.5 Å². The molecule has 0 unspecified atom stereocenters. The largest absolute Gasteiger partial charge is 0.493 e. The number of nitrogens with zero attached hydrogens (tertiary/aromatic N) is 2. The summed E-state index contributed by atoms with van der Waals surface area (Å²) in [6.45, 7) is 8.53. The zero-order valence-electron chi connectivity index (χ0n) is 34.4. The number of likely N-dealkylation sites (tertiary alicyclic amines) is 1. The van der Waals surface area contributed by atoms with Crippen molar-refractivity contribution in [1.82, 2.24) is 9.80 Å². The second-order valence-corrected chi connectivity index (χ2v) is 19.3. The van der Waals surface area contributed by atoms with E-state index in [1.54, 1.807) is 72.5 Å². The Kier molecular flexibility index (Phi) is 12.6. The van der Waals surface area contributed by atoms with Crippen molar-refractivity contribution in [1.29, 1.82) is 0 Å². The maximum absolute atomic E-state index is 15.0. The van der Waals surface area contributed by atoms with Crippen molar-refractivity contribution in [2.75, 3.05) is 19.7 Å². The molecule has 2 amide bonds. The molecule has 15 heteroatoms. The van der Waals surface area contributed by atoms with Crippen LogP contribution in [0.15, 0.2) is 115 Å². The standard InChI is InChI=1S/C46H48N2O11S2/c1-32-40(58-60(51,52)30-34-17-10-6-11-18-34)23-41(59-61(53,54)31-35-19-12-7-13-20-35)42(43(32)56-28-33-15-8-5-9-16-33)44(49)47-26-37-21-14-22-39(38(37)27-47)55-29-36-24-48(25-36)45(50)57-46(2,3)4/h5-23,36H,24-31H2,1-4H3. The van der Waals surface area contributed by atoms with Gasteiger partial charge in [-0.05, 0) is 56.0 Å². The van der Waals surface area contributed by atoms with Gasteiger partial charge >= 0.3 is 26.3 Å². The van der Waals surface area contributed by atoms with Gasteiger partial charge < -0.3 is 32.4 Å². The van der Waals surface area contributed by atoms with E-state index in [1.165, 1.54) is 4.90 Å². The lowest BCUT2D eigenvalue weighted by atomic mass is 10.0. The van der Waals surface area contributed by atoms with E-state index in [2.05, 4.69) is 0 Å². The topological polar surface area (TPSA) is 155 Å². The highest BCUT2D eigenvalue weighted by molar-refractivity contribution is 7.86. The van der Waals surface area contributed by atoms with Crippen LogP contribution in [0.25, 0.3) is 0 Å². The van der Waals surface area contributed by atoms with Crippen LogP contribution in [0.5, 0.6) is 23.0 Å². The van der Waals surface area contributed by atoms with Crippen LogP contribution in [0, 0.1) is 12.8 Å². The minimum atomic E-state index is -4.45. The van der Waals surface area contributed by atoms with Gasteiger partial charge in [-0.3, -0.25) is 4.79 Å². The summed E-state index contributed by atoms with van der Waals surface area (Å²) in [4.78, 5) is 30.6. The summed E-state index contributed by atoms with van der Waals surface area (Å²) in [7, 11) is -8.76. The smallest absolute Gasteiger partial charge is 0.410 e. The molecule has 0 aliphatic carbocycles. The fourth-order valence-corrected chi connectivity index (χ4v) is 9.22. The minimum Gasteiger partial charge on any atom is -0.493 e. The third-order valence-electron chi connectivity index (χ3n) is 10.0. The van der Waals surface area contributed by atoms with Crippen LogP contribution in [0.2, 0.25) is 0 Å². The van der Waals surface area contributed by atoms with Gasteiger partial charge in [0.05, 0.1) is 13.2 Å². The summed E-state index contributed by atoms with van der Waals surface area (Å²) in [6.07, 6.45) is -0.370. The van der Waals surface area contributed by atoms with E-state index in [0.717, 1.165) is 22.8 Å². The summed E-state index contributed by atoms with van der Waals surface area (Å²) in [6, 6.07) is 32.6. The molecule has 2 aliphatic rings. The van der Waals surface area contributed by atoms with Crippen molar-refractivity contribution in [3.8, 4) is 23.0 Å². The first kappa shape index (κ1) is 43.0. The van der Waals surface area contributed by atoms with Crippen molar-refractivity contribution in [2.45, 2.75) is 64.5 Å². The predicted octanol–water partition coefficient (Wildman–Crippen LogP) is 7.79. The highest BCUT2D eigenvalue weighted by Crippen LogP contribution is 2.43. The molecule has 13 nitrogen and oxygen atoms in total. The van der Waals surface area contributed by atoms with E-state index in [9.17, 15) is 26.4 Å². The first-order valence-corrected chi connectivity index (χ1v) is 23.0. The highest BCUT2D eigenvalue weighted by atomic mass is 32.2. The van der Waals surface area contributed by atoms with Gasteiger partial charge in [0, 0.05) is 42.7 Å². The van der Waals surface area contributed by atoms with Crippen LogP contribution < -0.4 is 17.8 Å². The average molecular weight is 869 g/mol. The van der Waals surface area contributed by atoms with Gasteiger partial charge in [-0.2, -0.15) is 16.8 Å². The number of carbonyl (C=O) groups excluding carboxylic acids is 2. The molecular weight excluding hydrogens is 821 g/mol. The molecule has 5 aromatic carbocycles. The van der Waals surface area contributed by atoms with Crippen molar-refractivity contribution in [3.63, 3.8) is 0 Å². The lowest BCUT2D eigenvalue weighted by molar-refractivity contribution is -0.00788. The highest BCUT2D eigenvalue weighted by Gasteiger charge is 2.37. The summed E-state index contributed by atoms with van der Waals surface area (Å²) >= 11 is 0. The van der Waals surface area contributed by atoms with E-state index in [4.69, 9.17) is 22.6 Å². The monoisotopic (exact) mass is 868 g/mol. The normalized spacial score (nSPS) is 14.2. The Morgan fingerprint density at radius 2 is 1.21 bits per heavy atom. The molecule has 1 saturated heterocycles. The Bertz CT molecular complexity index is 2590. The summed E-state index contributed by atoms with van der Waals surface area (Å²) in [5, 5.41) is 0. The summed E-state index contributed by atoms with van der Waals surface area (Å²) in [5.41, 5.74) is 2.57. The Morgan fingerprint density at radius 1 is 0.656 bits per heavy atom.